The van der Waals surface area contributed by atoms with Crippen LogP contribution < -0.4 is 5.32 Å². The fourth-order valence-electron chi connectivity index (χ4n) is 5.34. The maximum absolute atomic E-state index is 13.8. The van der Waals surface area contributed by atoms with Gasteiger partial charge in [0.2, 0.25) is 0 Å². The molecule has 3 atom stereocenters. The number of carbonyl (C=O) groups excluding carboxylic acids is 2. The molecule has 0 bridgehead atoms. The monoisotopic (exact) mass is 490 g/mol. The Kier molecular flexibility index (Phi) is 5.74. The number of aromatic hydroxyl groups is 1. The molecule has 1 saturated heterocycles. The van der Waals surface area contributed by atoms with E-state index in [1.54, 1.807) is 23.1 Å². The highest BCUT2D eigenvalue weighted by molar-refractivity contribution is 6.31. The second-order valence-electron chi connectivity index (χ2n) is 9.46. The Labute approximate surface area is 209 Å². The van der Waals surface area contributed by atoms with E-state index in [1.807, 2.05) is 38.1 Å². The van der Waals surface area contributed by atoms with Gasteiger partial charge in [0.25, 0.3) is 5.91 Å². The Balaban J connectivity index is 1.58. The van der Waals surface area contributed by atoms with E-state index >= 15 is 0 Å². The smallest absolute Gasteiger partial charge is 0.328 e. The summed E-state index contributed by atoms with van der Waals surface area (Å²) in [4.78, 5) is 34.0. The number of hydrogen-bond acceptors (Lipinski definition) is 4. The number of fused-ring (bicyclic) bond motifs is 4. The molecule has 3 heterocycles. The molecular weight excluding hydrogens is 464 g/mol. The molecule has 1 aromatic heterocycles. The lowest BCUT2D eigenvalue weighted by Gasteiger charge is -2.42. The maximum Gasteiger partial charge on any atom is 0.328 e. The zero-order valence-corrected chi connectivity index (χ0v) is 20.4. The van der Waals surface area contributed by atoms with E-state index < -0.39 is 11.6 Å². The first kappa shape index (κ1) is 23.3. The fourth-order valence-corrected chi connectivity index (χ4v) is 5.51. The summed E-state index contributed by atoms with van der Waals surface area (Å²) in [6, 6.07) is 11.5. The molecule has 2 aromatic carbocycles. The van der Waals surface area contributed by atoms with Crippen molar-refractivity contribution in [3.8, 4) is 18.1 Å². The molecule has 2 aliphatic rings. The van der Waals surface area contributed by atoms with Crippen LogP contribution >= 0.6 is 11.6 Å². The highest BCUT2D eigenvalue weighted by Crippen LogP contribution is 2.49. The number of phenolic OH excluding ortho intramolecular Hbond substituents is 1. The van der Waals surface area contributed by atoms with Gasteiger partial charge in [0.1, 0.15) is 17.3 Å². The van der Waals surface area contributed by atoms with E-state index in [0.29, 0.717) is 31.0 Å². The Bertz CT molecular complexity index is 1380. The second kappa shape index (κ2) is 8.63. The third kappa shape index (κ3) is 3.74. The number of phenols is 1. The molecule has 0 saturated carbocycles. The molecule has 35 heavy (non-hydrogen) atoms. The SMILES string of the molecule is C#CC(C)NCCCN1C(=O)N2[C@H](c3cccc(O)c3)c3[nH]c4ccc(Cl)cc4c3C[C@@]2(C)C1=O. The quantitative estimate of drug-likeness (QED) is 0.274. The number of imide groups is 1. The average molecular weight is 491 g/mol. The number of rotatable bonds is 6. The minimum absolute atomic E-state index is 0.0795. The van der Waals surface area contributed by atoms with E-state index in [0.717, 1.165) is 27.7 Å². The summed E-state index contributed by atoms with van der Waals surface area (Å²) in [5.41, 5.74) is 2.33. The number of halogens is 1. The van der Waals surface area contributed by atoms with E-state index in [9.17, 15) is 14.7 Å². The van der Waals surface area contributed by atoms with Crippen LogP contribution in [0.15, 0.2) is 42.5 Å². The lowest BCUT2D eigenvalue weighted by Crippen LogP contribution is -2.53. The van der Waals surface area contributed by atoms with Gasteiger partial charge in [-0.2, -0.15) is 0 Å². The predicted molar refractivity (Wildman–Crippen MR) is 135 cm³/mol. The fraction of sp³-hybridized carbons (Fsp3) is 0.333. The van der Waals surface area contributed by atoms with Gasteiger partial charge in [-0.15, -0.1) is 6.42 Å². The molecular formula is C27H27ClN4O3. The molecule has 1 unspecified atom stereocenters. The number of urea groups is 1. The highest BCUT2D eigenvalue weighted by atomic mass is 35.5. The number of terminal acetylenes is 1. The number of benzene rings is 2. The first-order chi connectivity index (χ1) is 16.7. The van der Waals surface area contributed by atoms with Crippen LogP contribution in [0.5, 0.6) is 5.75 Å². The topological polar surface area (TPSA) is 88.7 Å². The van der Waals surface area contributed by atoms with Crippen LogP contribution in [-0.4, -0.2) is 56.5 Å². The predicted octanol–water partition coefficient (Wildman–Crippen LogP) is 4.20. The van der Waals surface area contributed by atoms with Gasteiger partial charge >= 0.3 is 6.03 Å². The number of carbonyl (C=O) groups is 2. The van der Waals surface area contributed by atoms with Gasteiger partial charge in [-0.25, -0.2) is 4.79 Å². The maximum atomic E-state index is 13.8. The van der Waals surface area contributed by atoms with Gasteiger partial charge in [-0.1, -0.05) is 29.7 Å². The lowest BCUT2D eigenvalue weighted by atomic mass is 9.81. The molecule has 2 aliphatic heterocycles. The number of hydrogen-bond donors (Lipinski definition) is 3. The van der Waals surface area contributed by atoms with E-state index in [-0.39, 0.29) is 23.7 Å². The number of aromatic amines is 1. The molecule has 180 valence electrons. The molecule has 0 aliphatic carbocycles. The number of aromatic nitrogens is 1. The summed E-state index contributed by atoms with van der Waals surface area (Å²) in [6.07, 6.45) is 6.37. The van der Waals surface area contributed by atoms with Gasteiger partial charge < -0.3 is 15.4 Å². The zero-order chi connectivity index (χ0) is 24.9. The summed E-state index contributed by atoms with van der Waals surface area (Å²) in [5.74, 6) is 2.49. The third-order valence-electron chi connectivity index (χ3n) is 7.07. The van der Waals surface area contributed by atoms with Gasteiger partial charge in [0, 0.05) is 34.6 Å². The van der Waals surface area contributed by atoms with E-state index in [2.05, 4.69) is 16.2 Å². The first-order valence-electron chi connectivity index (χ1n) is 11.7. The van der Waals surface area contributed by atoms with Crippen LogP contribution in [0, 0.1) is 12.3 Å². The lowest BCUT2D eigenvalue weighted by molar-refractivity contribution is -0.133. The molecule has 3 amide bonds. The van der Waals surface area contributed by atoms with Crippen molar-refractivity contribution in [2.24, 2.45) is 0 Å². The standard InChI is InChI=1S/C27H27ClN4O3/c1-4-16(2)29-11-6-12-31-25(34)27(3)15-21-20-14-18(28)9-10-22(20)30-23(21)24(32(27)26(31)35)17-7-5-8-19(33)13-17/h1,5,7-10,13-14,16,24,29-30,33H,6,11-12,15H2,2-3H3/t16?,24-,27+/m1/s1. The Hall–Kier alpha value is -3.47. The van der Waals surface area contributed by atoms with Gasteiger partial charge in [0.05, 0.1) is 6.04 Å². The van der Waals surface area contributed by atoms with E-state index in [1.165, 1.54) is 4.90 Å². The Morgan fingerprint density at radius 3 is 2.86 bits per heavy atom. The molecule has 0 radical (unpaired) electrons. The van der Waals surface area contributed by atoms with Gasteiger partial charge in [-0.05, 0) is 68.3 Å². The summed E-state index contributed by atoms with van der Waals surface area (Å²) in [6.45, 7) is 4.60. The van der Waals surface area contributed by atoms with Crippen molar-refractivity contribution in [2.75, 3.05) is 13.1 Å². The molecule has 7 nitrogen and oxygen atoms in total. The Morgan fingerprint density at radius 2 is 2.11 bits per heavy atom. The van der Waals surface area contributed by atoms with Gasteiger partial charge in [0.15, 0.2) is 0 Å². The van der Waals surface area contributed by atoms with Crippen LogP contribution in [0.25, 0.3) is 10.9 Å². The molecule has 3 N–H and O–H groups in total. The third-order valence-corrected chi connectivity index (χ3v) is 7.31. The summed E-state index contributed by atoms with van der Waals surface area (Å²) >= 11 is 6.31. The molecule has 1 fully saturated rings. The largest absolute Gasteiger partial charge is 0.508 e. The average Bonchev–Trinajstić information content (AvgIpc) is 3.27. The summed E-state index contributed by atoms with van der Waals surface area (Å²) in [7, 11) is 0. The van der Waals surface area contributed by atoms with E-state index in [4.69, 9.17) is 18.0 Å². The van der Waals surface area contributed by atoms with Crippen LogP contribution in [0.4, 0.5) is 4.79 Å². The van der Waals surface area contributed by atoms with Crippen molar-refractivity contribution < 1.29 is 14.7 Å². The number of amides is 3. The summed E-state index contributed by atoms with van der Waals surface area (Å²) in [5, 5.41) is 14.9. The molecule has 8 heteroatoms. The minimum Gasteiger partial charge on any atom is -0.508 e. The van der Waals surface area contributed by atoms with Crippen molar-refractivity contribution in [3.05, 3.63) is 64.3 Å². The minimum atomic E-state index is -1.07. The van der Waals surface area contributed by atoms with Crippen LogP contribution in [0.3, 0.4) is 0 Å². The molecule has 0 spiro atoms. The van der Waals surface area contributed by atoms with Crippen molar-refractivity contribution in [3.63, 3.8) is 0 Å². The molecule has 3 aromatic rings. The number of nitrogens with zero attached hydrogens (tertiary/aromatic N) is 2. The normalized spacial score (nSPS) is 22.3. The molecule has 5 rings (SSSR count). The number of nitrogens with one attached hydrogen (secondary N) is 2. The van der Waals surface area contributed by atoms with Crippen molar-refractivity contribution >= 4 is 34.4 Å². The first-order valence-corrected chi connectivity index (χ1v) is 12.1. The van der Waals surface area contributed by atoms with Crippen molar-refractivity contribution in [1.82, 2.24) is 20.1 Å². The highest BCUT2D eigenvalue weighted by Gasteiger charge is 2.60. The second-order valence-corrected chi connectivity index (χ2v) is 9.90. The summed E-state index contributed by atoms with van der Waals surface area (Å²) < 4.78 is 0. The zero-order valence-electron chi connectivity index (χ0n) is 19.6. The number of H-pyrrole nitrogens is 1. The van der Waals surface area contributed by atoms with Gasteiger partial charge in [-0.3, -0.25) is 14.6 Å². The van der Waals surface area contributed by atoms with Crippen molar-refractivity contribution in [2.45, 2.75) is 44.3 Å². The van der Waals surface area contributed by atoms with Crippen molar-refractivity contribution in [1.29, 1.82) is 0 Å². The Morgan fingerprint density at radius 1 is 1.31 bits per heavy atom. The van der Waals surface area contributed by atoms with Crippen LogP contribution in [0.1, 0.15) is 43.1 Å². The van der Waals surface area contributed by atoms with Crippen LogP contribution in [-0.2, 0) is 11.2 Å². The van der Waals surface area contributed by atoms with Crippen LogP contribution in [0.2, 0.25) is 5.02 Å².